The van der Waals surface area contributed by atoms with Gasteiger partial charge in [-0.2, -0.15) is 0 Å². The van der Waals surface area contributed by atoms with Crippen LogP contribution < -0.4 is 16.2 Å². The van der Waals surface area contributed by atoms with Gasteiger partial charge >= 0.3 is 0 Å². The molecule has 1 amide bonds. The number of aliphatic imine (C=N–C) groups is 1. The SMILES string of the molecule is Cn1c(C(=O)Nc2ccc(F)c(C3(C)CCSC(N)=N3)c2)ccc1S(N)(=O)=O. The highest BCUT2D eigenvalue weighted by atomic mass is 32.2. The number of nitrogens with zero attached hydrogens (tertiary/aromatic N) is 2. The van der Waals surface area contributed by atoms with E-state index in [1.807, 2.05) is 0 Å². The Bertz CT molecular complexity index is 1080. The smallest absolute Gasteiger partial charge is 0.272 e. The lowest BCUT2D eigenvalue weighted by atomic mass is 9.89. The number of sulfonamides is 1. The van der Waals surface area contributed by atoms with Gasteiger partial charge in [-0.1, -0.05) is 11.8 Å². The molecule has 2 heterocycles. The van der Waals surface area contributed by atoms with Gasteiger partial charge in [0.2, 0.25) is 0 Å². The summed E-state index contributed by atoms with van der Waals surface area (Å²) in [5, 5.41) is 7.98. The van der Waals surface area contributed by atoms with Gasteiger partial charge in [0.25, 0.3) is 15.9 Å². The number of nitrogens with one attached hydrogen (secondary N) is 1. The van der Waals surface area contributed by atoms with Gasteiger partial charge in [-0.15, -0.1) is 0 Å². The number of aromatic nitrogens is 1. The minimum atomic E-state index is -3.95. The van der Waals surface area contributed by atoms with Gasteiger partial charge in [-0.05, 0) is 43.7 Å². The summed E-state index contributed by atoms with van der Waals surface area (Å²) in [6.07, 6.45) is 0.599. The monoisotopic (exact) mass is 425 g/mol. The molecular formula is C17H20FN5O3S2. The standard InChI is InChI=1S/C17H20FN5O3S2/c1-17(7-8-27-16(19)22-17)11-9-10(3-4-12(11)18)21-15(24)13-5-6-14(23(13)2)28(20,25)26/h3-6,9H,7-8H2,1-2H3,(H2,19,22)(H,21,24)(H2,20,25,26). The van der Waals surface area contributed by atoms with Crippen LogP contribution in [0.15, 0.2) is 40.4 Å². The summed E-state index contributed by atoms with van der Waals surface area (Å²) >= 11 is 1.41. The number of anilines is 1. The van der Waals surface area contributed by atoms with Crippen molar-refractivity contribution in [2.24, 2.45) is 22.9 Å². The summed E-state index contributed by atoms with van der Waals surface area (Å²) in [5.74, 6) is -0.289. The number of nitrogens with two attached hydrogens (primary N) is 2. The third-order valence-electron chi connectivity index (χ3n) is 4.60. The summed E-state index contributed by atoms with van der Waals surface area (Å²) in [4.78, 5) is 17.0. The van der Waals surface area contributed by atoms with Crippen molar-refractivity contribution in [3.63, 3.8) is 0 Å². The van der Waals surface area contributed by atoms with E-state index in [0.29, 0.717) is 28.6 Å². The van der Waals surface area contributed by atoms with Crippen molar-refractivity contribution >= 4 is 38.5 Å². The zero-order valence-electron chi connectivity index (χ0n) is 15.3. The van der Waals surface area contributed by atoms with E-state index in [4.69, 9.17) is 10.9 Å². The van der Waals surface area contributed by atoms with Crippen LogP contribution in [0, 0.1) is 5.82 Å². The fourth-order valence-electron chi connectivity index (χ4n) is 3.10. The Labute approximate surface area is 166 Å². The van der Waals surface area contributed by atoms with Gasteiger partial charge in [0.1, 0.15) is 11.5 Å². The van der Waals surface area contributed by atoms with Crippen molar-refractivity contribution in [2.45, 2.75) is 23.9 Å². The zero-order chi connectivity index (χ0) is 20.7. The quantitative estimate of drug-likeness (QED) is 0.686. The molecule has 0 saturated carbocycles. The second-order valence-electron chi connectivity index (χ2n) is 6.63. The predicted molar refractivity (Wildman–Crippen MR) is 107 cm³/mol. The van der Waals surface area contributed by atoms with Crippen LogP contribution in [-0.2, 0) is 22.6 Å². The molecule has 28 heavy (non-hydrogen) atoms. The summed E-state index contributed by atoms with van der Waals surface area (Å²) in [6.45, 7) is 1.79. The molecule has 1 aliphatic heterocycles. The van der Waals surface area contributed by atoms with Crippen molar-refractivity contribution in [1.29, 1.82) is 0 Å². The van der Waals surface area contributed by atoms with Gasteiger partial charge in [0.05, 0.1) is 5.54 Å². The second kappa shape index (κ2) is 7.22. The summed E-state index contributed by atoms with van der Waals surface area (Å²) < 4.78 is 38.7. The minimum Gasteiger partial charge on any atom is -0.379 e. The number of amidine groups is 1. The molecule has 0 fully saturated rings. The Hall–Kier alpha value is -2.37. The topological polar surface area (TPSA) is 133 Å². The van der Waals surface area contributed by atoms with Crippen molar-refractivity contribution in [2.75, 3.05) is 11.1 Å². The molecule has 1 atom stereocenters. The van der Waals surface area contributed by atoms with E-state index < -0.39 is 27.3 Å². The molecule has 1 unspecified atom stereocenters. The van der Waals surface area contributed by atoms with Crippen molar-refractivity contribution in [1.82, 2.24) is 4.57 Å². The maximum atomic E-state index is 14.5. The lowest BCUT2D eigenvalue weighted by Gasteiger charge is -2.30. The van der Waals surface area contributed by atoms with E-state index >= 15 is 0 Å². The molecule has 11 heteroatoms. The van der Waals surface area contributed by atoms with E-state index in [1.165, 1.54) is 53.7 Å². The molecule has 2 aromatic rings. The number of hydrogen-bond donors (Lipinski definition) is 3. The highest BCUT2D eigenvalue weighted by Gasteiger charge is 2.32. The number of benzene rings is 1. The summed E-state index contributed by atoms with van der Waals surface area (Å²) in [5.41, 5.74) is 5.75. The Kier molecular flexibility index (Phi) is 5.26. The van der Waals surface area contributed by atoms with Gasteiger partial charge in [-0.3, -0.25) is 9.79 Å². The Morgan fingerprint density at radius 1 is 1.36 bits per heavy atom. The summed E-state index contributed by atoms with van der Waals surface area (Å²) in [6, 6.07) is 6.80. The first-order chi connectivity index (χ1) is 13.0. The maximum Gasteiger partial charge on any atom is 0.272 e. The van der Waals surface area contributed by atoms with Gasteiger partial charge < -0.3 is 15.6 Å². The largest absolute Gasteiger partial charge is 0.379 e. The lowest BCUT2D eigenvalue weighted by Crippen LogP contribution is -2.30. The molecule has 0 aliphatic carbocycles. The average molecular weight is 426 g/mol. The highest BCUT2D eigenvalue weighted by molar-refractivity contribution is 8.13. The third kappa shape index (κ3) is 3.91. The van der Waals surface area contributed by atoms with Gasteiger partial charge in [-0.25, -0.2) is 17.9 Å². The summed E-state index contributed by atoms with van der Waals surface area (Å²) in [7, 11) is -2.53. The van der Waals surface area contributed by atoms with Gasteiger partial charge in [0.15, 0.2) is 10.2 Å². The number of carbonyl (C=O) groups is 1. The van der Waals surface area contributed by atoms with E-state index in [-0.39, 0.29) is 10.7 Å². The molecule has 0 spiro atoms. The fourth-order valence-corrected chi connectivity index (χ4v) is 4.81. The van der Waals surface area contributed by atoms with Crippen LogP contribution in [0.1, 0.15) is 29.4 Å². The maximum absolute atomic E-state index is 14.5. The van der Waals surface area contributed by atoms with Crippen LogP contribution in [0.25, 0.3) is 0 Å². The number of amides is 1. The van der Waals surface area contributed by atoms with Crippen LogP contribution in [0.4, 0.5) is 10.1 Å². The van der Waals surface area contributed by atoms with Crippen LogP contribution >= 0.6 is 11.8 Å². The second-order valence-corrected chi connectivity index (χ2v) is 9.26. The number of hydrogen-bond acceptors (Lipinski definition) is 6. The minimum absolute atomic E-state index is 0.0949. The van der Waals surface area contributed by atoms with Crippen molar-refractivity contribution in [3.05, 3.63) is 47.4 Å². The first-order valence-electron chi connectivity index (χ1n) is 8.29. The Balaban J connectivity index is 1.91. The van der Waals surface area contributed by atoms with E-state index in [1.54, 1.807) is 6.92 Å². The zero-order valence-corrected chi connectivity index (χ0v) is 16.9. The number of primary sulfonamides is 1. The molecular weight excluding hydrogens is 405 g/mol. The molecule has 5 N–H and O–H groups in total. The number of thioether (sulfide) groups is 1. The third-order valence-corrected chi connectivity index (χ3v) is 6.39. The van der Waals surface area contributed by atoms with E-state index in [0.717, 1.165) is 0 Å². The molecule has 0 radical (unpaired) electrons. The predicted octanol–water partition coefficient (Wildman–Crippen LogP) is 1.73. The van der Waals surface area contributed by atoms with Crippen LogP contribution in [0.3, 0.4) is 0 Å². The Morgan fingerprint density at radius 3 is 2.68 bits per heavy atom. The van der Waals surface area contributed by atoms with Gasteiger partial charge in [0, 0.05) is 24.1 Å². The molecule has 1 aliphatic rings. The molecule has 3 rings (SSSR count). The normalized spacial score (nSPS) is 19.9. The average Bonchev–Trinajstić information content (AvgIpc) is 2.98. The van der Waals surface area contributed by atoms with Crippen LogP contribution in [0.5, 0.6) is 0 Å². The fraction of sp³-hybridized carbons (Fsp3) is 0.294. The molecule has 0 bridgehead atoms. The highest BCUT2D eigenvalue weighted by Crippen LogP contribution is 2.37. The van der Waals surface area contributed by atoms with Crippen molar-refractivity contribution < 1.29 is 17.6 Å². The van der Waals surface area contributed by atoms with Crippen molar-refractivity contribution in [3.8, 4) is 0 Å². The van der Waals surface area contributed by atoms with Crippen LogP contribution in [0.2, 0.25) is 0 Å². The molecule has 150 valence electrons. The number of rotatable bonds is 4. The first kappa shape index (κ1) is 20.4. The number of halogens is 1. The molecule has 8 nitrogen and oxygen atoms in total. The lowest BCUT2D eigenvalue weighted by molar-refractivity contribution is 0.101. The Morgan fingerprint density at radius 2 is 2.07 bits per heavy atom. The van der Waals surface area contributed by atoms with Crippen LogP contribution in [-0.4, -0.2) is 29.8 Å². The molecule has 0 saturated heterocycles. The first-order valence-corrected chi connectivity index (χ1v) is 10.8. The molecule has 1 aromatic carbocycles. The molecule has 1 aromatic heterocycles. The van der Waals surface area contributed by atoms with E-state index in [2.05, 4.69) is 10.3 Å². The number of carbonyl (C=O) groups excluding carboxylic acids is 1. The van der Waals surface area contributed by atoms with E-state index in [9.17, 15) is 17.6 Å².